The number of hydrogen-bond acceptors (Lipinski definition) is 1. The van der Waals surface area contributed by atoms with Crippen LogP contribution in [0.25, 0.3) is 0 Å². The average Bonchev–Trinajstić information content (AvgIpc) is 2.03. The number of rotatable bonds is 2. The van der Waals surface area contributed by atoms with Crippen molar-refractivity contribution in [2.45, 2.75) is 13.7 Å². The summed E-state index contributed by atoms with van der Waals surface area (Å²) in [5.74, 6) is -0.687. The Balaban J connectivity index is 3.12. The van der Waals surface area contributed by atoms with E-state index < -0.39 is 5.82 Å². The van der Waals surface area contributed by atoms with Gasteiger partial charge in [0.05, 0.1) is 5.56 Å². The van der Waals surface area contributed by atoms with Gasteiger partial charge in [-0.05, 0) is 19.1 Å². The van der Waals surface area contributed by atoms with Gasteiger partial charge in [-0.3, -0.25) is 4.79 Å². The molecule has 0 saturated heterocycles. The van der Waals surface area contributed by atoms with Crippen LogP contribution >= 0.6 is 0 Å². The zero-order valence-electron chi connectivity index (χ0n) is 7.10. The molecular formula is C9H9BFO. The third-order valence-corrected chi connectivity index (χ3v) is 1.71. The second-order valence-corrected chi connectivity index (χ2v) is 2.58. The van der Waals surface area contributed by atoms with Crippen LogP contribution < -0.4 is 5.46 Å². The summed E-state index contributed by atoms with van der Waals surface area (Å²) in [6, 6.07) is 4.59. The van der Waals surface area contributed by atoms with E-state index in [9.17, 15) is 9.18 Å². The first kappa shape index (κ1) is 8.98. The second kappa shape index (κ2) is 3.52. The molecule has 0 fully saturated rings. The van der Waals surface area contributed by atoms with E-state index >= 15 is 0 Å². The van der Waals surface area contributed by atoms with E-state index in [4.69, 9.17) is 0 Å². The molecule has 1 nitrogen and oxygen atoms in total. The van der Waals surface area contributed by atoms with Gasteiger partial charge in [-0.15, -0.1) is 0 Å². The average molecular weight is 163 g/mol. The Hall–Kier alpha value is -1.12. The highest BCUT2D eigenvalue weighted by molar-refractivity contribution is 6.51. The first-order chi connectivity index (χ1) is 5.65. The van der Waals surface area contributed by atoms with Crippen molar-refractivity contribution in [3.63, 3.8) is 0 Å². The number of halogens is 1. The van der Waals surface area contributed by atoms with E-state index in [0.29, 0.717) is 0 Å². The highest BCUT2D eigenvalue weighted by atomic mass is 19.1. The molecule has 0 atom stereocenters. The van der Waals surface area contributed by atoms with Crippen molar-refractivity contribution in [3.05, 3.63) is 29.6 Å². The van der Waals surface area contributed by atoms with E-state index in [0.717, 1.165) is 5.46 Å². The van der Waals surface area contributed by atoms with Crippen LogP contribution in [0.4, 0.5) is 4.39 Å². The second-order valence-electron chi connectivity index (χ2n) is 2.58. The summed E-state index contributed by atoms with van der Waals surface area (Å²) in [7, 11) is 1.78. The highest BCUT2D eigenvalue weighted by Gasteiger charge is 2.06. The molecule has 0 bridgehead atoms. The molecule has 0 saturated carbocycles. The SMILES string of the molecule is C[B]c1ccc(C(C)=O)c(F)c1. The minimum absolute atomic E-state index is 0.153. The van der Waals surface area contributed by atoms with Crippen molar-refractivity contribution in [2.24, 2.45) is 0 Å². The summed E-state index contributed by atoms with van der Waals surface area (Å²) >= 11 is 0. The molecule has 0 aliphatic rings. The third kappa shape index (κ3) is 1.73. The maximum atomic E-state index is 13.0. The molecule has 1 rings (SSSR count). The minimum atomic E-state index is -0.446. The Kier molecular flexibility index (Phi) is 2.63. The number of Topliss-reactive ketones (excluding diaryl/α,β-unsaturated/α-hetero) is 1. The molecule has 3 heteroatoms. The van der Waals surface area contributed by atoms with Crippen LogP contribution in [0.1, 0.15) is 17.3 Å². The van der Waals surface area contributed by atoms with Crippen molar-refractivity contribution in [3.8, 4) is 0 Å². The van der Waals surface area contributed by atoms with Gasteiger partial charge in [0.15, 0.2) is 5.78 Å². The molecule has 1 aromatic carbocycles. The number of benzene rings is 1. The molecule has 1 radical (unpaired) electrons. The fraction of sp³-hybridized carbons (Fsp3) is 0.222. The van der Waals surface area contributed by atoms with E-state index in [1.54, 1.807) is 13.3 Å². The lowest BCUT2D eigenvalue weighted by molar-refractivity contribution is 0.101. The monoisotopic (exact) mass is 163 g/mol. The first-order valence-electron chi connectivity index (χ1n) is 3.75. The largest absolute Gasteiger partial charge is 0.294 e. The van der Waals surface area contributed by atoms with Crippen LogP contribution in [0.5, 0.6) is 0 Å². The quantitative estimate of drug-likeness (QED) is 0.475. The Morgan fingerprint density at radius 2 is 2.17 bits per heavy atom. The zero-order chi connectivity index (χ0) is 9.14. The number of hydrogen-bond donors (Lipinski definition) is 0. The van der Waals surface area contributed by atoms with E-state index in [1.165, 1.54) is 19.1 Å². The van der Waals surface area contributed by atoms with Crippen molar-refractivity contribution in [2.75, 3.05) is 0 Å². The molecule has 0 amide bonds. The highest BCUT2D eigenvalue weighted by Crippen LogP contribution is 2.04. The minimum Gasteiger partial charge on any atom is -0.294 e. The lowest BCUT2D eigenvalue weighted by Gasteiger charge is -2.00. The molecule has 0 aliphatic heterocycles. The predicted octanol–water partition coefficient (Wildman–Crippen LogP) is 1.41. The van der Waals surface area contributed by atoms with Gasteiger partial charge in [0, 0.05) is 0 Å². The predicted molar refractivity (Wildman–Crippen MR) is 47.7 cm³/mol. The molecule has 0 aromatic heterocycles. The van der Waals surface area contributed by atoms with Gasteiger partial charge in [0.1, 0.15) is 13.1 Å². The fourth-order valence-corrected chi connectivity index (χ4v) is 0.996. The van der Waals surface area contributed by atoms with Gasteiger partial charge >= 0.3 is 0 Å². The lowest BCUT2D eigenvalue weighted by Crippen LogP contribution is -2.12. The molecular weight excluding hydrogens is 154 g/mol. The van der Waals surface area contributed by atoms with Crippen LogP contribution in [0, 0.1) is 5.82 Å². The van der Waals surface area contributed by atoms with Gasteiger partial charge in [-0.25, -0.2) is 4.39 Å². The maximum absolute atomic E-state index is 13.0. The zero-order valence-corrected chi connectivity index (χ0v) is 7.10. The maximum Gasteiger partial charge on any atom is 0.162 e. The van der Waals surface area contributed by atoms with Gasteiger partial charge in [-0.1, -0.05) is 18.4 Å². The standard InChI is InChI=1S/C9H9BFO/c1-6(12)8-4-3-7(10-2)5-9(8)11/h3-5H,1-2H3. The van der Waals surface area contributed by atoms with Crippen LogP contribution in [0.3, 0.4) is 0 Å². The molecule has 0 spiro atoms. The van der Waals surface area contributed by atoms with E-state index in [-0.39, 0.29) is 11.3 Å². The third-order valence-electron chi connectivity index (χ3n) is 1.71. The van der Waals surface area contributed by atoms with Gasteiger partial charge in [-0.2, -0.15) is 0 Å². The fourth-order valence-electron chi connectivity index (χ4n) is 0.996. The lowest BCUT2D eigenvalue weighted by atomic mass is 9.73. The summed E-state index contributed by atoms with van der Waals surface area (Å²) in [4.78, 5) is 10.8. The Labute approximate surface area is 71.8 Å². The van der Waals surface area contributed by atoms with Gasteiger partial charge in [0.25, 0.3) is 0 Å². The summed E-state index contributed by atoms with van der Waals surface area (Å²) in [6.45, 7) is 3.18. The van der Waals surface area contributed by atoms with Gasteiger partial charge in [0.2, 0.25) is 0 Å². The van der Waals surface area contributed by atoms with Crippen LogP contribution in [-0.4, -0.2) is 13.1 Å². The molecule has 1 aromatic rings. The Bertz CT molecular complexity index is 309. The van der Waals surface area contributed by atoms with Crippen LogP contribution in [-0.2, 0) is 0 Å². The first-order valence-corrected chi connectivity index (χ1v) is 3.75. The molecule has 0 aliphatic carbocycles. The van der Waals surface area contributed by atoms with Crippen molar-refractivity contribution >= 4 is 18.5 Å². The summed E-state index contributed by atoms with van der Waals surface area (Å²) in [5, 5.41) is 0. The molecule has 12 heavy (non-hydrogen) atoms. The summed E-state index contributed by atoms with van der Waals surface area (Å²) in [6.07, 6.45) is 0. The summed E-state index contributed by atoms with van der Waals surface area (Å²) < 4.78 is 13.0. The normalized spacial score (nSPS) is 9.58. The number of ketones is 1. The Morgan fingerprint density at radius 3 is 2.58 bits per heavy atom. The smallest absolute Gasteiger partial charge is 0.162 e. The van der Waals surface area contributed by atoms with Crippen molar-refractivity contribution < 1.29 is 9.18 Å². The van der Waals surface area contributed by atoms with Gasteiger partial charge < -0.3 is 0 Å². The van der Waals surface area contributed by atoms with Crippen LogP contribution in [0.2, 0.25) is 6.82 Å². The van der Waals surface area contributed by atoms with E-state index in [2.05, 4.69) is 0 Å². The van der Waals surface area contributed by atoms with Crippen molar-refractivity contribution in [1.29, 1.82) is 0 Å². The number of carbonyl (C=O) groups is 1. The molecule has 0 N–H and O–H groups in total. The van der Waals surface area contributed by atoms with E-state index in [1.807, 2.05) is 6.82 Å². The molecule has 0 heterocycles. The topological polar surface area (TPSA) is 17.1 Å². The number of carbonyl (C=O) groups excluding carboxylic acids is 1. The Morgan fingerprint density at radius 1 is 1.50 bits per heavy atom. The molecule has 61 valence electrons. The van der Waals surface area contributed by atoms with Crippen LogP contribution in [0.15, 0.2) is 18.2 Å². The summed E-state index contributed by atoms with van der Waals surface area (Å²) in [5.41, 5.74) is 0.943. The van der Waals surface area contributed by atoms with Crippen molar-refractivity contribution in [1.82, 2.24) is 0 Å². The molecule has 0 unspecified atom stereocenters.